The van der Waals surface area contributed by atoms with Gasteiger partial charge in [0.2, 0.25) is 5.71 Å². The van der Waals surface area contributed by atoms with Gasteiger partial charge in [-0.2, -0.15) is 6.21 Å². The van der Waals surface area contributed by atoms with Crippen LogP contribution in [0.3, 0.4) is 0 Å². The van der Waals surface area contributed by atoms with Crippen LogP contribution in [0.5, 0.6) is 0 Å². The zero-order chi connectivity index (χ0) is 51.2. The molecule has 0 spiro atoms. The number of hydrogen-bond acceptors (Lipinski definition) is 3. The van der Waals surface area contributed by atoms with E-state index in [4.69, 9.17) is 26.3 Å². The normalized spacial score (nSPS) is 17.7. The molecule has 0 bridgehead atoms. The van der Waals surface area contributed by atoms with Gasteiger partial charge in [-0.15, -0.1) is 58.7 Å². The average Bonchev–Trinajstić information content (AvgIpc) is 3.63. The molecule has 0 amide bonds. The monoisotopic (exact) mass is 901 g/mol. The zero-order valence-corrected chi connectivity index (χ0v) is 32.4. The van der Waals surface area contributed by atoms with Crippen LogP contribution in [0.1, 0.15) is 90.0 Å². The summed E-state index contributed by atoms with van der Waals surface area (Å²) in [6, 6.07) is 29.9. The number of benzene rings is 4. The van der Waals surface area contributed by atoms with Crippen molar-refractivity contribution in [2.45, 2.75) is 61.5 Å². The third kappa shape index (κ3) is 9.46. The molecular formula is C49H46IrN3O. The van der Waals surface area contributed by atoms with Crippen LogP contribution in [0.2, 0.25) is 0 Å². The Morgan fingerprint density at radius 3 is 2.44 bits per heavy atom. The first kappa shape index (κ1) is 23.5. The number of fused-ring (bicyclic) bond motifs is 3. The van der Waals surface area contributed by atoms with Gasteiger partial charge < -0.3 is 14.8 Å². The summed E-state index contributed by atoms with van der Waals surface area (Å²) in [5, 5.41) is 11.3. The molecule has 0 aliphatic carbocycles. The van der Waals surface area contributed by atoms with Crippen LogP contribution in [-0.2, 0) is 26.5 Å². The number of aryl methyl sites for hydroxylation is 3. The van der Waals surface area contributed by atoms with Crippen LogP contribution in [0.4, 0.5) is 0 Å². The fourth-order valence-electron chi connectivity index (χ4n) is 5.65. The van der Waals surface area contributed by atoms with Gasteiger partial charge in [-0.1, -0.05) is 124 Å². The van der Waals surface area contributed by atoms with E-state index in [1.165, 1.54) is 42.6 Å². The molecular weight excluding hydrogens is 839 g/mol. The van der Waals surface area contributed by atoms with E-state index in [1.54, 1.807) is 58.0 Å². The van der Waals surface area contributed by atoms with Gasteiger partial charge in [-0.05, 0) is 78.0 Å². The van der Waals surface area contributed by atoms with Gasteiger partial charge in [-0.3, -0.25) is 0 Å². The van der Waals surface area contributed by atoms with E-state index in [9.17, 15) is 5.41 Å². The molecule has 0 N–H and O–H groups in total. The quantitative estimate of drug-likeness (QED) is 0.0909. The Morgan fingerprint density at radius 1 is 0.963 bits per heavy atom. The van der Waals surface area contributed by atoms with E-state index in [0.29, 0.717) is 50.5 Å². The van der Waals surface area contributed by atoms with Gasteiger partial charge >= 0.3 is 20.1 Å². The Kier molecular flexibility index (Phi) is 7.53. The van der Waals surface area contributed by atoms with Crippen molar-refractivity contribution in [2.24, 2.45) is 5.41 Å². The summed E-state index contributed by atoms with van der Waals surface area (Å²) in [5.74, 6) is 0. The molecule has 0 atom stereocenters. The van der Waals surface area contributed by atoms with E-state index < -0.39 is 44.8 Å². The van der Waals surface area contributed by atoms with Crippen LogP contribution >= 0.6 is 0 Å². The Morgan fingerprint density at radius 2 is 1.78 bits per heavy atom. The first-order valence-electron chi connectivity index (χ1n) is 24.7. The van der Waals surface area contributed by atoms with E-state index in [1.807, 2.05) is 30.3 Å². The van der Waals surface area contributed by atoms with Crippen molar-refractivity contribution in [1.29, 1.82) is 0 Å². The third-order valence-corrected chi connectivity index (χ3v) is 8.08. The van der Waals surface area contributed by atoms with Crippen molar-refractivity contribution in [1.82, 2.24) is 9.97 Å². The number of nitrogens with zero attached hydrogens (tertiary/aromatic N) is 3. The summed E-state index contributed by atoms with van der Waals surface area (Å²) in [6.07, 6.45) is 1.26. The van der Waals surface area contributed by atoms with Gasteiger partial charge in [0.1, 0.15) is 0 Å². The van der Waals surface area contributed by atoms with Crippen molar-refractivity contribution in [2.75, 3.05) is 0 Å². The van der Waals surface area contributed by atoms with Crippen LogP contribution < -0.4 is 0 Å². The Labute approximate surface area is 356 Å². The van der Waals surface area contributed by atoms with E-state index in [2.05, 4.69) is 22.1 Å². The molecule has 7 rings (SSSR count). The first-order chi connectivity index (χ1) is 31.8. The second-order valence-electron chi connectivity index (χ2n) is 13.3. The summed E-state index contributed by atoms with van der Waals surface area (Å²) in [5.41, 5.74) is 2.47. The molecule has 4 aromatic carbocycles. The van der Waals surface area contributed by atoms with Crippen LogP contribution in [0, 0.1) is 38.1 Å². The number of aromatic nitrogens is 2. The Bertz CT molecular complexity index is 3080. The largest absolute Gasteiger partial charge is 3.00 e. The van der Waals surface area contributed by atoms with Crippen LogP contribution in [-0.4, -0.2) is 16.2 Å². The molecule has 0 saturated carbocycles. The summed E-state index contributed by atoms with van der Waals surface area (Å²) in [4.78, 5) is 8.38. The molecule has 3 heterocycles. The van der Waals surface area contributed by atoms with Crippen molar-refractivity contribution in [3.05, 3.63) is 172 Å². The van der Waals surface area contributed by atoms with Gasteiger partial charge in [0.15, 0.2) is 0 Å². The summed E-state index contributed by atoms with van der Waals surface area (Å²) < 4.78 is 133. The number of hydrogen-bond donors (Lipinski definition) is 0. The maximum Gasteiger partial charge on any atom is 3.00 e. The molecule has 0 unspecified atom stereocenters. The molecule has 3 aromatic heterocycles. The second kappa shape index (κ2) is 17.3. The molecule has 0 aliphatic rings. The molecule has 0 radical (unpaired) electrons. The smallest absolute Gasteiger partial charge is 0.810 e. The number of rotatable bonds is 7. The van der Waals surface area contributed by atoms with E-state index in [-0.39, 0.29) is 71.4 Å². The molecule has 7 aromatic rings. The van der Waals surface area contributed by atoms with Gasteiger partial charge in [-0.25, -0.2) is 4.98 Å². The molecule has 0 fully saturated rings. The van der Waals surface area contributed by atoms with Gasteiger partial charge in [0.25, 0.3) is 0 Å². The van der Waals surface area contributed by atoms with E-state index in [0.717, 1.165) is 5.56 Å². The number of allylic oxidation sites excluding steroid dienone is 4. The van der Waals surface area contributed by atoms with Crippen molar-refractivity contribution >= 4 is 39.4 Å². The fraction of sp³-hybridized carbons (Fsp3) is 0.204. The summed E-state index contributed by atoms with van der Waals surface area (Å²) >= 11 is 0. The fourth-order valence-corrected chi connectivity index (χ4v) is 5.65. The molecule has 5 heteroatoms. The van der Waals surface area contributed by atoms with Crippen LogP contribution in [0.25, 0.3) is 61.0 Å². The van der Waals surface area contributed by atoms with E-state index >= 15 is 0 Å². The summed E-state index contributed by atoms with van der Waals surface area (Å²) in [6.45, 7) is -2.99. The minimum atomic E-state index is -2.83. The zero-order valence-electron chi connectivity index (χ0n) is 46.0. The molecule has 0 saturated heterocycles. The third-order valence-electron chi connectivity index (χ3n) is 8.08. The van der Waals surface area contributed by atoms with Crippen LogP contribution in [0.15, 0.2) is 125 Å². The Hall–Kier alpha value is -5.22. The topological polar surface area (TPSA) is 61.2 Å². The average molecular weight is 901 g/mol. The standard InChI is InChI=1S/C30H30N2O.C19H16N.Ir/c1-19(24-8-7-9-25-26-15-10-21(3)32-29(26)33-28(24)25)16-27(20(2)18-31)23-13-11-22(12-14-23)17-30(4,5)6;1-14-8-11-19(20-13-14)17-10-9-15(2)18(12-17)16-6-4-3-5-7-16;/h7,9-16,18H,17H2,1-6H3;3-9,11-13H,1-2H3;/q-2;-1;+3/b19-16+,27-20+;;/i2D3,3D3,13D,14D,17D2;1D3,2D3;. The van der Waals surface area contributed by atoms with Crippen molar-refractivity contribution in [3.63, 3.8) is 0 Å². The molecule has 272 valence electrons. The molecule has 4 nitrogen and oxygen atoms in total. The predicted molar refractivity (Wildman–Crippen MR) is 224 cm³/mol. The van der Waals surface area contributed by atoms with Crippen molar-refractivity contribution < 1.29 is 46.5 Å². The predicted octanol–water partition coefficient (Wildman–Crippen LogP) is 13.0. The maximum atomic E-state index is 10.1. The minimum absolute atomic E-state index is 0. The Balaban J connectivity index is 0.000000289. The number of furan rings is 1. The first-order valence-corrected chi connectivity index (χ1v) is 16.7. The summed E-state index contributed by atoms with van der Waals surface area (Å²) in [7, 11) is 0. The molecule has 54 heavy (non-hydrogen) atoms. The number of pyridine rings is 2. The van der Waals surface area contributed by atoms with Gasteiger partial charge in [0.05, 0.1) is 8.32 Å². The van der Waals surface area contributed by atoms with Gasteiger partial charge in [0, 0.05) is 36.5 Å². The van der Waals surface area contributed by atoms with Crippen molar-refractivity contribution in [3.8, 4) is 22.4 Å². The minimum Gasteiger partial charge on any atom is -0.810 e. The SMILES string of the molecule is [2H]C([2H])([2H])c1ccc(-c2[c-]cc(C([2H])([2H])[2H])c(-c3ccccc3)c2)nc1.[2H]c1cc(C([2H])([2H])C(C)(C)C)cc([2H])c1C(/C=C(\C)c1[c-]ccc2c1oc1nc(C([2H])([2H])[2H])ccc12)=C(/C=[N-])C([2H])([2H])[2H].[Ir+3]. The molecule has 0 aliphatic heterocycles. The maximum absolute atomic E-state index is 10.1. The second-order valence-corrected chi connectivity index (χ2v) is 13.3.